The van der Waals surface area contributed by atoms with Crippen LogP contribution in [-0.2, 0) is 14.8 Å². The molecular formula is C21H24FN3O5S. The number of carbonyl (C=O) groups is 2. The van der Waals surface area contributed by atoms with Crippen molar-refractivity contribution in [2.45, 2.75) is 30.7 Å². The summed E-state index contributed by atoms with van der Waals surface area (Å²) in [5.74, 6) is -0.872. The Hall–Kier alpha value is -3.14. The zero-order valence-corrected chi connectivity index (χ0v) is 17.8. The van der Waals surface area contributed by atoms with E-state index in [9.17, 15) is 22.4 Å². The number of sulfonamides is 1. The van der Waals surface area contributed by atoms with Crippen LogP contribution in [0.4, 0.5) is 14.9 Å². The van der Waals surface area contributed by atoms with E-state index in [4.69, 9.17) is 4.74 Å². The van der Waals surface area contributed by atoms with Gasteiger partial charge in [0.1, 0.15) is 5.82 Å². The molecule has 3 rings (SSSR count). The molecule has 31 heavy (non-hydrogen) atoms. The monoisotopic (exact) mass is 449 g/mol. The van der Waals surface area contributed by atoms with Gasteiger partial charge in [-0.2, -0.15) is 0 Å². The van der Waals surface area contributed by atoms with Gasteiger partial charge in [0.05, 0.1) is 11.5 Å². The molecule has 0 radical (unpaired) electrons. The first-order valence-corrected chi connectivity index (χ1v) is 11.4. The molecule has 0 aliphatic carbocycles. The summed E-state index contributed by atoms with van der Waals surface area (Å²) in [5.41, 5.74) is 0.416. The lowest BCUT2D eigenvalue weighted by Crippen LogP contribution is -2.46. The molecule has 1 aliphatic rings. The van der Waals surface area contributed by atoms with Crippen LogP contribution in [0.3, 0.4) is 0 Å². The summed E-state index contributed by atoms with van der Waals surface area (Å²) in [7, 11) is -3.95. The molecule has 1 saturated heterocycles. The second-order valence-electron chi connectivity index (χ2n) is 7.07. The van der Waals surface area contributed by atoms with Crippen LogP contribution < -0.4 is 10.0 Å². The van der Waals surface area contributed by atoms with Crippen molar-refractivity contribution in [2.75, 3.05) is 24.4 Å². The molecule has 2 N–H and O–H groups in total. The van der Waals surface area contributed by atoms with Gasteiger partial charge < -0.3 is 15.0 Å². The Bertz CT molecular complexity index is 1040. The van der Waals surface area contributed by atoms with Gasteiger partial charge in [0.25, 0.3) is 15.9 Å². The number of benzene rings is 2. The Morgan fingerprint density at radius 3 is 2.45 bits per heavy atom. The molecule has 2 aromatic carbocycles. The number of halogens is 1. The predicted molar refractivity (Wildman–Crippen MR) is 113 cm³/mol. The average molecular weight is 450 g/mol. The van der Waals surface area contributed by atoms with Crippen LogP contribution in [-0.4, -0.2) is 51.1 Å². The van der Waals surface area contributed by atoms with Crippen molar-refractivity contribution in [1.82, 2.24) is 10.2 Å². The molecule has 1 fully saturated rings. The molecule has 1 aliphatic heterocycles. The molecule has 2 amide bonds. The summed E-state index contributed by atoms with van der Waals surface area (Å²) in [4.78, 5) is 25.9. The maximum Gasteiger partial charge on any atom is 0.409 e. The standard InChI is InChI=1S/C21H24FN3O5S/c1-2-30-21(27)25-12-10-17(11-13-25)23-20(26)15-4-3-5-19(14-15)31(28,29)24-18-8-6-16(22)7-9-18/h3-9,14,17,24H,2,10-13H2,1H3,(H,23,26). The first-order valence-electron chi connectivity index (χ1n) is 9.89. The van der Waals surface area contributed by atoms with Gasteiger partial charge in [-0.25, -0.2) is 17.6 Å². The minimum atomic E-state index is -3.95. The van der Waals surface area contributed by atoms with E-state index < -0.39 is 21.7 Å². The molecule has 0 unspecified atom stereocenters. The van der Waals surface area contributed by atoms with Gasteiger partial charge in [0.15, 0.2) is 0 Å². The predicted octanol–water partition coefficient (Wildman–Crippen LogP) is 2.98. The van der Waals surface area contributed by atoms with Gasteiger partial charge in [0, 0.05) is 30.4 Å². The van der Waals surface area contributed by atoms with E-state index in [-0.39, 0.29) is 28.3 Å². The van der Waals surface area contributed by atoms with E-state index >= 15 is 0 Å². The van der Waals surface area contributed by atoms with Crippen molar-refractivity contribution in [2.24, 2.45) is 0 Å². The molecule has 10 heteroatoms. The summed E-state index contributed by atoms with van der Waals surface area (Å²) >= 11 is 0. The van der Waals surface area contributed by atoms with E-state index in [0.29, 0.717) is 32.5 Å². The maximum absolute atomic E-state index is 13.0. The Morgan fingerprint density at radius 1 is 1.13 bits per heavy atom. The van der Waals surface area contributed by atoms with Crippen molar-refractivity contribution < 1.29 is 27.1 Å². The van der Waals surface area contributed by atoms with Crippen molar-refractivity contribution in [3.8, 4) is 0 Å². The fourth-order valence-electron chi connectivity index (χ4n) is 3.23. The lowest BCUT2D eigenvalue weighted by molar-refractivity contribution is 0.0860. The molecule has 1 heterocycles. The fourth-order valence-corrected chi connectivity index (χ4v) is 4.33. The number of ether oxygens (including phenoxy) is 1. The molecule has 2 aromatic rings. The minimum absolute atomic E-state index is 0.0818. The van der Waals surface area contributed by atoms with Crippen LogP contribution in [0.1, 0.15) is 30.1 Å². The van der Waals surface area contributed by atoms with E-state index in [2.05, 4.69) is 10.0 Å². The number of nitrogens with one attached hydrogen (secondary N) is 2. The van der Waals surface area contributed by atoms with Crippen LogP contribution in [0.15, 0.2) is 53.4 Å². The first-order chi connectivity index (χ1) is 14.8. The maximum atomic E-state index is 13.0. The van der Waals surface area contributed by atoms with Gasteiger partial charge in [0.2, 0.25) is 0 Å². The zero-order chi connectivity index (χ0) is 22.4. The van der Waals surface area contributed by atoms with Crippen molar-refractivity contribution in [3.05, 3.63) is 59.9 Å². The number of anilines is 1. The van der Waals surface area contributed by atoms with Gasteiger partial charge in [-0.1, -0.05) is 6.07 Å². The number of rotatable bonds is 6. The average Bonchev–Trinajstić information content (AvgIpc) is 2.76. The number of carbonyl (C=O) groups excluding carboxylic acids is 2. The molecule has 0 spiro atoms. The molecule has 0 atom stereocenters. The van der Waals surface area contributed by atoms with E-state index in [1.54, 1.807) is 11.8 Å². The summed E-state index contributed by atoms with van der Waals surface area (Å²) in [6, 6.07) is 10.5. The highest BCUT2D eigenvalue weighted by Gasteiger charge is 2.25. The molecule has 0 bridgehead atoms. The highest BCUT2D eigenvalue weighted by molar-refractivity contribution is 7.92. The van der Waals surface area contributed by atoms with Crippen LogP contribution in [0.5, 0.6) is 0 Å². The number of amides is 2. The highest BCUT2D eigenvalue weighted by atomic mass is 32.2. The molecule has 0 saturated carbocycles. The number of hydrogen-bond donors (Lipinski definition) is 2. The second-order valence-corrected chi connectivity index (χ2v) is 8.76. The number of piperidine rings is 1. The Balaban J connectivity index is 1.62. The van der Waals surface area contributed by atoms with Crippen LogP contribution >= 0.6 is 0 Å². The second kappa shape index (κ2) is 9.78. The van der Waals surface area contributed by atoms with Crippen molar-refractivity contribution >= 4 is 27.7 Å². The third-order valence-corrected chi connectivity index (χ3v) is 6.24. The van der Waals surface area contributed by atoms with Crippen molar-refractivity contribution in [3.63, 3.8) is 0 Å². The lowest BCUT2D eigenvalue weighted by atomic mass is 10.0. The molecule has 166 valence electrons. The quantitative estimate of drug-likeness (QED) is 0.706. The minimum Gasteiger partial charge on any atom is -0.450 e. The largest absolute Gasteiger partial charge is 0.450 e. The highest BCUT2D eigenvalue weighted by Crippen LogP contribution is 2.18. The Morgan fingerprint density at radius 2 is 1.81 bits per heavy atom. The Kier molecular flexibility index (Phi) is 7.11. The number of hydrogen-bond acceptors (Lipinski definition) is 5. The third-order valence-electron chi connectivity index (χ3n) is 4.86. The lowest BCUT2D eigenvalue weighted by Gasteiger charge is -2.31. The van der Waals surface area contributed by atoms with Crippen molar-refractivity contribution in [1.29, 1.82) is 0 Å². The molecular weight excluding hydrogens is 425 g/mol. The molecule has 8 nitrogen and oxygen atoms in total. The van der Waals surface area contributed by atoms with Gasteiger partial charge >= 0.3 is 6.09 Å². The summed E-state index contributed by atoms with van der Waals surface area (Å²) in [6.07, 6.45) is 0.794. The smallest absolute Gasteiger partial charge is 0.409 e. The van der Waals surface area contributed by atoms with Gasteiger partial charge in [-0.3, -0.25) is 9.52 Å². The van der Waals surface area contributed by atoms with E-state index in [0.717, 1.165) is 12.1 Å². The first kappa shape index (κ1) is 22.5. The molecule has 0 aromatic heterocycles. The summed E-state index contributed by atoms with van der Waals surface area (Å²) in [6.45, 7) is 3.00. The Labute approximate surface area is 180 Å². The fraction of sp³-hybridized carbons (Fsp3) is 0.333. The summed E-state index contributed by atoms with van der Waals surface area (Å²) in [5, 5.41) is 2.89. The topological polar surface area (TPSA) is 105 Å². The van der Waals surface area contributed by atoms with Gasteiger partial charge in [-0.15, -0.1) is 0 Å². The van der Waals surface area contributed by atoms with Crippen LogP contribution in [0.2, 0.25) is 0 Å². The summed E-state index contributed by atoms with van der Waals surface area (Å²) < 4.78 is 45.6. The SMILES string of the molecule is CCOC(=O)N1CCC(NC(=O)c2cccc(S(=O)(=O)Nc3ccc(F)cc3)c2)CC1. The van der Waals surface area contributed by atoms with Gasteiger partial charge in [-0.05, 0) is 62.2 Å². The zero-order valence-electron chi connectivity index (χ0n) is 17.0. The van der Waals surface area contributed by atoms with Crippen LogP contribution in [0.25, 0.3) is 0 Å². The van der Waals surface area contributed by atoms with E-state index in [1.807, 2.05) is 0 Å². The van der Waals surface area contributed by atoms with Crippen LogP contribution in [0, 0.1) is 5.82 Å². The third kappa shape index (κ3) is 5.94. The number of nitrogens with zero attached hydrogens (tertiary/aromatic N) is 1. The van der Waals surface area contributed by atoms with E-state index in [1.165, 1.54) is 36.4 Å². The number of likely N-dealkylation sites (tertiary alicyclic amines) is 1. The normalized spacial score (nSPS) is 14.7.